The lowest BCUT2D eigenvalue weighted by Crippen LogP contribution is -2.50. The van der Waals surface area contributed by atoms with E-state index in [-0.39, 0.29) is 36.5 Å². The van der Waals surface area contributed by atoms with Gasteiger partial charge >= 0.3 is 5.97 Å². The van der Waals surface area contributed by atoms with E-state index in [1.54, 1.807) is 18.2 Å². The molecule has 4 N–H and O–H groups in total. The van der Waals surface area contributed by atoms with Crippen LogP contribution in [0.15, 0.2) is 59.5 Å². The zero-order valence-corrected chi connectivity index (χ0v) is 19.3. The molecule has 0 amide bonds. The van der Waals surface area contributed by atoms with Crippen molar-refractivity contribution in [2.45, 2.75) is 50.2 Å². The molecule has 2 heterocycles. The second-order valence-electron chi connectivity index (χ2n) is 8.89. The molecule has 2 unspecified atom stereocenters. The summed E-state index contributed by atoms with van der Waals surface area (Å²) < 4.78 is 11.2. The Bertz CT molecular complexity index is 1100. The van der Waals surface area contributed by atoms with Crippen molar-refractivity contribution in [1.29, 1.82) is 0 Å². The fourth-order valence-corrected chi connectivity index (χ4v) is 4.56. The lowest BCUT2D eigenvalue weighted by atomic mass is 9.72. The topological polar surface area (TPSA) is 131 Å². The Morgan fingerprint density at radius 3 is 2.68 bits per heavy atom. The average molecular weight is 467 g/mol. The summed E-state index contributed by atoms with van der Waals surface area (Å²) in [6, 6.07) is 6.47. The number of carbonyl (C=O) groups is 3. The summed E-state index contributed by atoms with van der Waals surface area (Å²) in [7, 11) is 0. The van der Waals surface area contributed by atoms with E-state index in [1.165, 1.54) is 6.07 Å². The SMILES string of the molecule is CC(=CCC12OC1(C(=O)OCCCCO)C(=O)c1ccccc1C2=O)CCC1=CCNC(N)=C1. The van der Waals surface area contributed by atoms with Gasteiger partial charge in [-0.05, 0) is 44.3 Å². The van der Waals surface area contributed by atoms with E-state index in [4.69, 9.17) is 20.3 Å². The number of nitrogens with one attached hydrogen (secondary N) is 1. The molecule has 180 valence electrons. The summed E-state index contributed by atoms with van der Waals surface area (Å²) in [5, 5.41) is 12.0. The van der Waals surface area contributed by atoms with Crippen LogP contribution in [0.5, 0.6) is 0 Å². The molecule has 0 radical (unpaired) electrons. The number of nitrogens with two attached hydrogens (primary N) is 1. The van der Waals surface area contributed by atoms with Crippen LogP contribution in [0.4, 0.5) is 0 Å². The first-order valence-corrected chi connectivity index (χ1v) is 11.6. The monoisotopic (exact) mass is 466 g/mol. The van der Waals surface area contributed by atoms with E-state index in [1.807, 2.05) is 19.1 Å². The minimum Gasteiger partial charge on any atom is -0.463 e. The summed E-state index contributed by atoms with van der Waals surface area (Å²) in [5.41, 5.74) is 4.86. The van der Waals surface area contributed by atoms with Crippen LogP contribution in [0, 0.1) is 0 Å². The number of aliphatic hydroxyl groups is 1. The summed E-state index contributed by atoms with van der Waals surface area (Å²) >= 11 is 0. The third-order valence-corrected chi connectivity index (χ3v) is 6.59. The molecule has 0 aromatic heterocycles. The van der Waals surface area contributed by atoms with Gasteiger partial charge in [0.05, 0.1) is 12.4 Å². The van der Waals surface area contributed by atoms with E-state index in [0.717, 1.165) is 24.0 Å². The first kappa shape index (κ1) is 23.9. The number of esters is 1. The average Bonchev–Trinajstić information content (AvgIpc) is 3.55. The molecule has 0 spiro atoms. The van der Waals surface area contributed by atoms with Crippen LogP contribution in [0.2, 0.25) is 0 Å². The van der Waals surface area contributed by atoms with Crippen LogP contribution in [0.1, 0.15) is 59.7 Å². The van der Waals surface area contributed by atoms with Crippen molar-refractivity contribution >= 4 is 17.5 Å². The van der Waals surface area contributed by atoms with Crippen LogP contribution in [0.25, 0.3) is 0 Å². The molecule has 4 rings (SSSR count). The van der Waals surface area contributed by atoms with Gasteiger partial charge < -0.3 is 25.6 Å². The van der Waals surface area contributed by atoms with Crippen LogP contribution < -0.4 is 11.1 Å². The van der Waals surface area contributed by atoms with Gasteiger partial charge in [0.25, 0.3) is 5.60 Å². The zero-order valence-electron chi connectivity index (χ0n) is 19.3. The van der Waals surface area contributed by atoms with Gasteiger partial charge in [0, 0.05) is 30.7 Å². The highest BCUT2D eigenvalue weighted by atomic mass is 16.7. The van der Waals surface area contributed by atoms with Gasteiger partial charge in [-0.3, -0.25) is 9.59 Å². The first-order chi connectivity index (χ1) is 16.4. The first-order valence-electron chi connectivity index (χ1n) is 11.6. The number of benzene rings is 1. The molecule has 8 heteroatoms. The highest BCUT2D eigenvalue weighted by Gasteiger charge is 2.85. The van der Waals surface area contributed by atoms with Crippen LogP contribution in [-0.2, 0) is 14.3 Å². The van der Waals surface area contributed by atoms with E-state index >= 15 is 0 Å². The minimum absolute atomic E-state index is 0.0200. The van der Waals surface area contributed by atoms with Crippen molar-refractivity contribution in [2.75, 3.05) is 19.8 Å². The van der Waals surface area contributed by atoms with Crippen molar-refractivity contribution < 1.29 is 29.0 Å². The largest absolute Gasteiger partial charge is 0.463 e. The van der Waals surface area contributed by atoms with Gasteiger partial charge in [-0.1, -0.05) is 42.0 Å². The molecule has 1 aliphatic carbocycles. The Kier molecular flexibility index (Phi) is 6.72. The number of carbonyl (C=O) groups excluding carboxylic acids is 3. The number of rotatable bonds is 10. The summed E-state index contributed by atoms with van der Waals surface area (Å²) in [5.74, 6) is -1.13. The third-order valence-electron chi connectivity index (χ3n) is 6.59. The van der Waals surface area contributed by atoms with Crippen LogP contribution in [-0.4, -0.2) is 53.6 Å². The normalized spacial score (nSPS) is 25.5. The maximum atomic E-state index is 13.5. The Hall–Kier alpha value is -3.23. The number of epoxide rings is 1. The zero-order chi connectivity index (χ0) is 24.3. The maximum Gasteiger partial charge on any atom is 0.350 e. The Labute approximate surface area is 198 Å². The molecule has 34 heavy (non-hydrogen) atoms. The van der Waals surface area contributed by atoms with E-state index < -0.39 is 23.0 Å². The van der Waals surface area contributed by atoms with E-state index in [0.29, 0.717) is 25.2 Å². The fraction of sp³-hybridized carbons (Fsp3) is 0.423. The molecule has 8 nitrogen and oxygen atoms in total. The number of Topliss-reactive ketones (excluding diaryl/α,β-unsaturated/α-hetero) is 2. The van der Waals surface area contributed by atoms with Crippen LogP contribution >= 0.6 is 0 Å². The molecule has 2 atom stereocenters. The number of fused-ring (bicyclic) bond motifs is 2. The summed E-state index contributed by atoms with van der Waals surface area (Å²) in [6.45, 7) is 2.66. The van der Waals surface area contributed by atoms with Gasteiger partial charge in [0.15, 0.2) is 11.4 Å². The van der Waals surface area contributed by atoms with E-state index in [2.05, 4.69) is 11.4 Å². The highest BCUT2D eigenvalue weighted by molar-refractivity contribution is 6.32. The lowest BCUT2D eigenvalue weighted by Gasteiger charge is -2.23. The molecular formula is C26H30N2O6. The van der Waals surface area contributed by atoms with Crippen molar-refractivity contribution in [3.8, 4) is 0 Å². The summed E-state index contributed by atoms with van der Waals surface area (Å²) in [6.07, 6.45) is 8.39. The summed E-state index contributed by atoms with van der Waals surface area (Å²) in [4.78, 5) is 39.9. The Morgan fingerprint density at radius 2 is 1.97 bits per heavy atom. The van der Waals surface area contributed by atoms with E-state index in [9.17, 15) is 14.4 Å². The second kappa shape index (κ2) is 9.56. The number of hydrogen-bond acceptors (Lipinski definition) is 8. The van der Waals surface area contributed by atoms with Crippen LogP contribution in [0.3, 0.4) is 0 Å². The fourth-order valence-electron chi connectivity index (χ4n) is 4.56. The Balaban J connectivity index is 1.54. The smallest absolute Gasteiger partial charge is 0.350 e. The van der Waals surface area contributed by atoms with Crippen molar-refractivity contribution in [2.24, 2.45) is 5.73 Å². The van der Waals surface area contributed by atoms with Crippen molar-refractivity contribution in [1.82, 2.24) is 5.32 Å². The van der Waals surface area contributed by atoms with Crippen molar-refractivity contribution in [3.05, 3.63) is 70.6 Å². The standard InChI is InChI=1S/C26H30N2O6/c1-17(8-9-18-11-13-28-21(27)16-18)10-12-25-22(30)19-6-2-3-7-20(19)23(31)26(25,34-25)24(32)33-15-5-4-14-29/h2-3,6-7,10-11,16,28-29H,4-5,8-9,12-15,27H2,1H3. The number of unbranched alkanes of at least 4 members (excludes halogenated alkanes) is 1. The maximum absolute atomic E-state index is 13.5. The van der Waals surface area contributed by atoms with Gasteiger partial charge in [0.1, 0.15) is 0 Å². The van der Waals surface area contributed by atoms with Gasteiger partial charge in [0.2, 0.25) is 5.78 Å². The minimum atomic E-state index is -1.96. The predicted molar refractivity (Wildman–Crippen MR) is 125 cm³/mol. The number of allylic oxidation sites excluding steroid dienone is 3. The van der Waals surface area contributed by atoms with Crippen molar-refractivity contribution in [3.63, 3.8) is 0 Å². The third kappa shape index (κ3) is 4.08. The molecular weight excluding hydrogens is 436 g/mol. The number of ether oxygens (including phenoxy) is 2. The quantitative estimate of drug-likeness (QED) is 0.157. The molecule has 2 aliphatic heterocycles. The predicted octanol–water partition coefficient (Wildman–Crippen LogP) is 2.34. The molecule has 3 aliphatic rings. The molecule has 1 aromatic carbocycles. The second-order valence-corrected chi connectivity index (χ2v) is 8.89. The highest BCUT2D eigenvalue weighted by Crippen LogP contribution is 2.58. The van der Waals surface area contributed by atoms with Gasteiger partial charge in [-0.25, -0.2) is 4.79 Å². The molecule has 0 bridgehead atoms. The number of aliphatic hydroxyl groups excluding tert-OH is 1. The van der Waals surface area contributed by atoms with Gasteiger partial charge in [-0.2, -0.15) is 0 Å². The number of dihydropyridines is 1. The van der Waals surface area contributed by atoms with Gasteiger partial charge in [-0.15, -0.1) is 0 Å². The lowest BCUT2D eigenvalue weighted by molar-refractivity contribution is -0.148. The molecule has 0 saturated carbocycles. The molecule has 1 saturated heterocycles. The molecule has 1 aromatic rings. The number of hydrogen-bond donors (Lipinski definition) is 3. The number of ketones is 2. The molecule has 1 fully saturated rings. The Morgan fingerprint density at radius 1 is 1.24 bits per heavy atom.